The molecule has 0 aliphatic carbocycles. The molecule has 1 amide bonds. The number of carbonyl (C=O) groups is 1. The van der Waals surface area contributed by atoms with E-state index >= 15 is 0 Å². The smallest absolute Gasteiger partial charge is 0.404 e. The SMILES string of the molecule is CCNCCCCCCCOC(N)=O. The highest BCUT2D eigenvalue weighted by molar-refractivity contribution is 5.64. The molecule has 0 aromatic heterocycles. The molecule has 0 spiro atoms. The summed E-state index contributed by atoms with van der Waals surface area (Å²) in [6, 6.07) is 0. The van der Waals surface area contributed by atoms with E-state index in [0.717, 1.165) is 25.9 Å². The number of unbranched alkanes of at least 4 members (excludes halogenated alkanes) is 4. The molecule has 0 radical (unpaired) electrons. The zero-order valence-corrected chi connectivity index (χ0v) is 9.05. The van der Waals surface area contributed by atoms with Gasteiger partial charge in [0.2, 0.25) is 0 Å². The van der Waals surface area contributed by atoms with Crippen LogP contribution < -0.4 is 11.1 Å². The maximum atomic E-state index is 10.2. The van der Waals surface area contributed by atoms with E-state index in [-0.39, 0.29) is 0 Å². The normalized spacial score (nSPS) is 10.1. The van der Waals surface area contributed by atoms with Crippen LogP contribution in [0.3, 0.4) is 0 Å². The van der Waals surface area contributed by atoms with Crippen LogP contribution in [0, 0.1) is 0 Å². The summed E-state index contributed by atoms with van der Waals surface area (Å²) in [6.07, 6.45) is 5.03. The average Bonchev–Trinajstić information content (AvgIpc) is 2.15. The number of nitrogens with two attached hydrogens (primary N) is 1. The molecule has 0 heterocycles. The molecule has 0 aliphatic heterocycles. The van der Waals surface area contributed by atoms with E-state index in [4.69, 9.17) is 5.73 Å². The molecule has 0 atom stereocenters. The van der Waals surface area contributed by atoms with Gasteiger partial charge in [0.05, 0.1) is 6.61 Å². The Bertz CT molecular complexity index is 140. The first-order valence-electron chi connectivity index (χ1n) is 5.40. The van der Waals surface area contributed by atoms with E-state index in [1.54, 1.807) is 0 Å². The standard InChI is InChI=1S/C10H22N2O2/c1-2-12-8-6-4-3-5-7-9-14-10(11)13/h12H,2-9H2,1H3,(H2,11,13). The molecule has 84 valence electrons. The Hall–Kier alpha value is -0.770. The summed E-state index contributed by atoms with van der Waals surface area (Å²) in [5.41, 5.74) is 4.82. The summed E-state index contributed by atoms with van der Waals surface area (Å²) in [6.45, 7) is 4.73. The molecule has 0 aromatic rings. The Morgan fingerprint density at radius 2 is 1.86 bits per heavy atom. The van der Waals surface area contributed by atoms with E-state index in [1.165, 1.54) is 19.3 Å². The van der Waals surface area contributed by atoms with E-state index < -0.39 is 6.09 Å². The Kier molecular flexibility index (Phi) is 9.74. The molecular weight excluding hydrogens is 180 g/mol. The van der Waals surface area contributed by atoms with Crippen molar-refractivity contribution in [1.82, 2.24) is 5.32 Å². The van der Waals surface area contributed by atoms with Crippen molar-refractivity contribution in [2.45, 2.75) is 39.0 Å². The van der Waals surface area contributed by atoms with Crippen LogP contribution in [0.5, 0.6) is 0 Å². The lowest BCUT2D eigenvalue weighted by molar-refractivity contribution is 0.154. The predicted molar refractivity (Wildman–Crippen MR) is 57.2 cm³/mol. The largest absolute Gasteiger partial charge is 0.450 e. The Labute approximate surface area is 86.2 Å². The van der Waals surface area contributed by atoms with Crippen molar-refractivity contribution in [3.63, 3.8) is 0 Å². The van der Waals surface area contributed by atoms with Gasteiger partial charge in [-0.3, -0.25) is 0 Å². The van der Waals surface area contributed by atoms with Crippen LogP contribution in [0.2, 0.25) is 0 Å². The van der Waals surface area contributed by atoms with Crippen LogP contribution in [0.25, 0.3) is 0 Å². The van der Waals surface area contributed by atoms with Crippen molar-refractivity contribution < 1.29 is 9.53 Å². The third kappa shape index (κ3) is 11.2. The zero-order valence-electron chi connectivity index (χ0n) is 9.05. The number of amides is 1. The number of ether oxygens (including phenoxy) is 1. The van der Waals surface area contributed by atoms with Gasteiger partial charge >= 0.3 is 6.09 Å². The first kappa shape index (κ1) is 13.2. The van der Waals surface area contributed by atoms with Crippen molar-refractivity contribution in [2.24, 2.45) is 5.73 Å². The minimum Gasteiger partial charge on any atom is -0.450 e. The van der Waals surface area contributed by atoms with E-state index in [0.29, 0.717) is 6.61 Å². The maximum absolute atomic E-state index is 10.2. The summed E-state index contributed by atoms with van der Waals surface area (Å²) < 4.78 is 4.61. The molecule has 0 aromatic carbocycles. The summed E-state index contributed by atoms with van der Waals surface area (Å²) in [7, 11) is 0. The first-order chi connectivity index (χ1) is 6.77. The van der Waals surface area contributed by atoms with Crippen molar-refractivity contribution in [3.8, 4) is 0 Å². The monoisotopic (exact) mass is 202 g/mol. The number of hydrogen-bond acceptors (Lipinski definition) is 3. The van der Waals surface area contributed by atoms with Gasteiger partial charge in [0.1, 0.15) is 0 Å². The van der Waals surface area contributed by atoms with Gasteiger partial charge in [0.15, 0.2) is 0 Å². The number of nitrogens with one attached hydrogen (secondary N) is 1. The van der Waals surface area contributed by atoms with E-state index in [2.05, 4.69) is 17.0 Å². The topological polar surface area (TPSA) is 64.3 Å². The van der Waals surface area contributed by atoms with E-state index in [9.17, 15) is 4.79 Å². The van der Waals surface area contributed by atoms with Crippen LogP contribution >= 0.6 is 0 Å². The highest BCUT2D eigenvalue weighted by Crippen LogP contribution is 2.02. The fraction of sp³-hybridized carbons (Fsp3) is 0.900. The predicted octanol–water partition coefficient (Wildman–Crippen LogP) is 1.64. The van der Waals surface area contributed by atoms with Crippen LogP contribution in [0.15, 0.2) is 0 Å². The third-order valence-electron chi connectivity index (χ3n) is 1.99. The molecule has 4 heteroatoms. The molecule has 14 heavy (non-hydrogen) atoms. The molecule has 0 fully saturated rings. The zero-order chi connectivity index (χ0) is 10.6. The van der Waals surface area contributed by atoms with Crippen LogP contribution in [0.1, 0.15) is 39.0 Å². The molecule has 4 nitrogen and oxygen atoms in total. The quantitative estimate of drug-likeness (QED) is 0.559. The number of rotatable bonds is 9. The highest BCUT2D eigenvalue weighted by Gasteiger charge is 1.93. The van der Waals surface area contributed by atoms with Gasteiger partial charge in [-0.2, -0.15) is 0 Å². The molecular formula is C10H22N2O2. The lowest BCUT2D eigenvalue weighted by atomic mass is 10.1. The van der Waals surface area contributed by atoms with Crippen LogP contribution in [-0.4, -0.2) is 25.8 Å². The fourth-order valence-corrected chi connectivity index (χ4v) is 1.23. The fourth-order valence-electron chi connectivity index (χ4n) is 1.23. The van der Waals surface area contributed by atoms with Crippen molar-refractivity contribution in [2.75, 3.05) is 19.7 Å². The lowest BCUT2D eigenvalue weighted by Gasteiger charge is -2.02. The van der Waals surface area contributed by atoms with Crippen molar-refractivity contribution >= 4 is 6.09 Å². The molecule has 3 N–H and O–H groups in total. The van der Waals surface area contributed by atoms with Gasteiger partial charge in [0, 0.05) is 0 Å². The Balaban J connectivity index is 2.88. The second-order valence-corrected chi connectivity index (χ2v) is 3.29. The molecule has 0 saturated carbocycles. The molecule has 0 rings (SSSR count). The summed E-state index contributed by atoms with van der Waals surface area (Å²) in [5, 5.41) is 3.28. The van der Waals surface area contributed by atoms with Gasteiger partial charge < -0.3 is 15.8 Å². The van der Waals surface area contributed by atoms with Crippen molar-refractivity contribution in [1.29, 1.82) is 0 Å². The minimum atomic E-state index is -0.669. The van der Waals surface area contributed by atoms with Crippen LogP contribution in [-0.2, 0) is 4.74 Å². The molecule has 0 saturated heterocycles. The average molecular weight is 202 g/mol. The number of hydrogen-bond donors (Lipinski definition) is 2. The van der Waals surface area contributed by atoms with Crippen molar-refractivity contribution in [3.05, 3.63) is 0 Å². The Morgan fingerprint density at radius 3 is 2.50 bits per heavy atom. The van der Waals surface area contributed by atoms with Gasteiger partial charge in [0.25, 0.3) is 0 Å². The maximum Gasteiger partial charge on any atom is 0.404 e. The van der Waals surface area contributed by atoms with E-state index in [1.807, 2.05) is 0 Å². The summed E-state index contributed by atoms with van der Waals surface area (Å²) in [5.74, 6) is 0. The second kappa shape index (κ2) is 10.3. The molecule has 0 unspecified atom stereocenters. The van der Waals surface area contributed by atoms with Gasteiger partial charge in [-0.25, -0.2) is 4.79 Å². The van der Waals surface area contributed by atoms with Gasteiger partial charge in [-0.15, -0.1) is 0 Å². The molecule has 0 aliphatic rings. The number of primary amides is 1. The van der Waals surface area contributed by atoms with Gasteiger partial charge in [-0.1, -0.05) is 26.2 Å². The lowest BCUT2D eigenvalue weighted by Crippen LogP contribution is -2.14. The second-order valence-electron chi connectivity index (χ2n) is 3.29. The summed E-state index contributed by atoms with van der Waals surface area (Å²) >= 11 is 0. The number of carbonyl (C=O) groups excluding carboxylic acids is 1. The third-order valence-corrected chi connectivity index (χ3v) is 1.99. The minimum absolute atomic E-state index is 0.461. The van der Waals surface area contributed by atoms with Crippen LogP contribution in [0.4, 0.5) is 4.79 Å². The molecule has 0 bridgehead atoms. The Morgan fingerprint density at radius 1 is 1.21 bits per heavy atom. The van der Waals surface area contributed by atoms with Gasteiger partial charge in [-0.05, 0) is 25.9 Å². The first-order valence-corrected chi connectivity index (χ1v) is 5.40. The highest BCUT2D eigenvalue weighted by atomic mass is 16.5. The summed E-state index contributed by atoms with van der Waals surface area (Å²) in [4.78, 5) is 10.2.